The van der Waals surface area contributed by atoms with Crippen molar-refractivity contribution >= 4 is 56.0 Å². The number of H-pyrrole nitrogens is 1. The van der Waals surface area contributed by atoms with Gasteiger partial charge in [0.2, 0.25) is 5.91 Å². The lowest BCUT2D eigenvalue weighted by molar-refractivity contribution is -0.134. The number of hydrogen-bond donors (Lipinski definition) is 1. The first-order chi connectivity index (χ1) is 22.0. The maximum atomic E-state index is 12.9. The first-order valence-corrected chi connectivity index (χ1v) is 16.1. The highest BCUT2D eigenvalue weighted by atomic mass is 32.1. The van der Waals surface area contributed by atoms with E-state index in [9.17, 15) is 9.59 Å². The van der Waals surface area contributed by atoms with Crippen molar-refractivity contribution in [1.29, 1.82) is 0 Å². The van der Waals surface area contributed by atoms with E-state index in [1.807, 2.05) is 40.9 Å². The molecule has 4 aromatic heterocycles. The molecule has 1 aromatic carbocycles. The molecule has 0 atom stereocenters. The molecule has 5 aromatic rings. The zero-order valence-electron chi connectivity index (χ0n) is 25.2. The summed E-state index contributed by atoms with van der Waals surface area (Å²) in [6.45, 7) is 6.59. The van der Waals surface area contributed by atoms with Gasteiger partial charge in [0.15, 0.2) is 17.4 Å². The topological polar surface area (TPSA) is 125 Å². The van der Waals surface area contributed by atoms with Crippen molar-refractivity contribution in [3.63, 3.8) is 0 Å². The summed E-state index contributed by atoms with van der Waals surface area (Å²) in [6.07, 6.45) is 8.91. The molecule has 2 aliphatic rings. The SMILES string of the molecule is Cn1cncc1/C=C/C(=O)CCC(=O)N1CCN(Cc2cc3nc(-c4cccc5[nH]ncc45)nc(N4CCOCC4)c3s2)CC1. The van der Waals surface area contributed by atoms with Crippen LogP contribution < -0.4 is 4.90 Å². The van der Waals surface area contributed by atoms with E-state index in [1.54, 1.807) is 29.9 Å². The van der Waals surface area contributed by atoms with E-state index in [4.69, 9.17) is 14.7 Å². The Morgan fingerprint density at radius 2 is 1.89 bits per heavy atom. The van der Waals surface area contributed by atoms with Crippen molar-refractivity contribution in [1.82, 2.24) is 39.5 Å². The minimum Gasteiger partial charge on any atom is -0.378 e. The number of morpholine rings is 1. The Balaban J connectivity index is 1.01. The molecule has 1 amide bonds. The fraction of sp³-hybridized carbons (Fsp3) is 0.375. The van der Waals surface area contributed by atoms with Gasteiger partial charge < -0.3 is 19.1 Å². The largest absolute Gasteiger partial charge is 0.378 e. The smallest absolute Gasteiger partial charge is 0.223 e. The number of nitrogens with one attached hydrogen (secondary N) is 1. The average Bonchev–Trinajstić information content (AvgIpc) is 3.82. The lowest BCUT2D eigenvalue weighted by Gasteiger charge is -2.34. The van der Waals surface area contributed by atoms with E-state index in [1.165, 1.54) is 11.0 Å². The summed E-state index contributed by atoms with van der Waals surface area (Å²) >= 11 is 1.75. The number of hydrogen-bond acceptors (Lipinski definition) is 10. The van der Waals surface area contributed by atoms with Crippen LogP contribution in [0.1, 0.15) is 23.4 Å². The number of benzene rings is 1. The number of rotatable bonds is 9. The molecule has 45 heavy (non-hydrogen) atoms. The van der Waals surface area contributed by atoms with Gasteiger partial charge in [0.25, 0.3) is 0 Å². The maximum Gasteiger partial charge on any atom is 0.223 e. The minimum absolute atomic E-state index is 0.0318. The predicted octanol–water partition coefficient (Wildman–Crippen LogP) is 3.51. The third-order valence-corrected chi connectivity index (χ3v) is 9.53. The highest BCUT2D eigenvalue weighted by Crippen LogP contribution is 2.36. The minimum atomic E-state index is -0.0582. The van der Waals surface area contributed by atoms with Crippen LogP contribution in [0.3, 0.4) is 0 Å². The summed E-state index contributed by atoms with van der Waals surface area (Å²) in [6, 6.07) is 8.24. The third kappa shape index (κ3) is 6.37. The van der Waals surface area contributed by atoms with Gasteiger partial charge in [-0.05, 0) is 24.3 Å². The molecule has 7 rings (SSSR count). The van der Waals surface area contributed by atoms with Crippen molar-refractivity contribution in [3.05, 3.63) is 59.6 Å². The Labute approximate surface area is 264 Å². The zero-order valence-corrected chi connectivity index (χ0v) is 26.0. The number of carbonyl (C=O) groups excluding carboxylic acids is 2. The zero-order chi connectivity index (χ0) is 30.8. The average molecular weight is 626 g/mol. The molecule has 13 heteroatoms. The van der Waals surface area contributed by atoms with Crippen LogP contribution in [-0.4, -0.2) is 104 Å². The number of anilines is 1. The second-order valence-electron chi connectivity index (χ2n) is 11.4. The number of carbonyl (C=O) groups is 2. The van der Waals surface area contributed by atoms with Crippen molar-refractivity contribution in [2.45, 2.75) is 19.4 Å². The van der Waals surface area contributed by atoms with Crippen LogP contribution in [0.4, 0.5) is 5.82 Å². The number of imidazole rings is 1. The summed E-state index contributed by atoms with van der Waals surface area (Å²) < 4.78 is 8.56. The Morgan fingerprint density at radius 1 is 1.04 bits per heavy atom. The van der Waals surface area contributed by atoms with E-state index in [0.29, 0.717) is 32.1 Å². The van der Waals surface area contributed by atoms with Gasteiger partial charge in [-0.1, -0.05) is 12.1 Å². The summed E-state index contributed by atoms with van der Waals surface area (Å²) in [5, 5.41) is 8.27. The molecule has 0 spiro atoms. The molecule has 2 saturated heterocycles. The van der Waals surface area contributed by atoms with Gasteiger partial charge in [-0.15, -0.1) is 11.3 Å². The van der Waals surface area contributed by atoms with Crippen LogP contribution in [0.2, 0.25) is 0 Å². The van der Waals surface area contributed by atoms with Gasteiger partial charge in [0, 0.05) is 81.5 Å². The Morgan fingerprint density at radius 3 is 2.69 bits per heavy atom. The number of piperazine rings is 1. The molecule has 0 aliphatic carbocycles. The van der Waals surface area contributed by atoms with Crippen molar-refractivity contribution in [2.24, 2.45) is 7.05 Å². The molecule has 6 heterocycles. The van der Waals surface area contributed by atoms with E-state index in [0.717, 1.165) is 70.9 Å². The van der Waals surface area contributed by atoms with E-state index in [-0.39, 0.29) is 24.5 Å². The number of aryl methyl sites for hydroxylation is 1. The molecule has 232 valence electrons. The van der Waals surface area contributed by atoms with Crippen LogP contribution in [-0.2, 0) is 27.9 Å². The Hall–Kier alpha value is -4.46. The number of ether oxygens (including phenoxy) is 1. The quantitative estimate of drug-likeness (QED) is 0.245. The molecule has 0 bridgehead atoms. The van der Waals surface area contributed by atoms with E-state index < -0.39 is 0 Å². The predicted molar refractivity (Wildman–Crippen MR) is 174 cm³/mol. The second-order valence-corrected chi connectivity index (χ2v) is 12.6. The van der Waals surface area contributed by atoms with Crippen LogP contribution in [0, 0.1) is 0 Å². The number of aromatic nitrogens is 6. The Kier molecular flexibility index (Phi) is 8.37. The standard InChI is InChI=1S/C32H35N9O3S/c1-38-21-33-18-22(38)5-6-23(42)7-8-29(43)40-11-9-39(10-12-40)20-24-17-28-30(45-24)32(41-13-15-44-16-14-41)36-31(35-28)25-3-2-4-27-26(25)19-34-37-27/h2-6,17-19,21H,7-16,20H2,1H3,(H,34,37)/b6-5+. The van der Waals surface area contributed by atoms with Gasteiger partial charge >= 0.3 is 0 Å². The van der Waals surface area contributed by atoms with Crippen LogP contribution in [0.25, 0.3) is 38.6 Å². The number of ketones is 1. The Bertz CT molecular complexity index is 1860. The van der Waals surface area contributed by atoms with Crippen molar-refractivity contribution in [3.8, 4) is 11.4 Å². The number of thiophene rings is 1. The number of fused-ring (bicyclic) bond motifs is 2. The van der Waals surface area contributed by atoms with E-state index in [2.05, 4.69) is 31.0 Å². The fourth-order valence-electron chi connectivity index (χ4n) is 5.87. The maximum absolute atomic E-state index is 12.9. The third-order valence-electron chi connectivity index (χ3n) is 8.42. The van der Waals surface area contributed by atoms with Gasteiger partial charge in [0.05, 0.1) is 53.4 Å². The summed E-state index contributed by atoms with van der Waals surface area (Å²) in [7, 11) is 1.87. The molecule has 0 saturated carbocycles. The van der Waals surface area contributed by atoms with Crippen LogP contribution >= 0.6 is 11.3 Å². The van der Waals surface area contributed by atoms with Crippen molar-refractivity contribution < 1.29 is 14.3 Å². The lowest BCUT2D eigenvalue weighted by atomic mass is 10.1. The summed E-state index contributed by atoms with van der Waals surface area (Å²) in [5.74, 6) is 1.62. The molecule has 12 nitrogen and oxygen atoms in total. The van der Waals surface area contributed by atoms with Gasteiger partial charge in [-0.2, -0.15) is 5.10 Å². The summed E-state index contributed by atoms with van der Waals surface area (Å²) in [5.41, 5.74) is 3.70. The fourth-order valence-corrected chi connectivity index (χ4v) is 7.02. The normalized spacial score (nSPS) is 16.4. The molecule has 1 N–H and O–H groups in total. The molecular formula is C32H35N9O3S. The second kappa shape index (κ2) is 12.9. The number of amides is 1. The highest BCUT2D eigenvalue weighted by molar-refractivity contribution is 7.19. The molecule has 0 radical (unpaired) electrons. The molecular weight excluding hydrogens is 590 g/mol. The van der Waals surface area contributed by atoms with E-state index >= 15 is 0 Å². The molecule has 0 unspecified atom stereocenters. The van der Waals surface area contributed by atoms with Gasteiger partial charge in [-0.25, -0.2) is 15.0 Å². The number of aromatic amines is 1. The van der Waals surface area contributed by atoms with Gasteiger partial charge in [0.1, 0.15) is 0 Å². The lowest BCUT2D eigenvalue weighted by Crippen LogP contribution is -2.48. The van der Waals surface area contributed by atoms with Gasteiger partial charge in [-0.3, -0.25) is 19.6 Å². The molecule has 2 fully saturated rings. The highest BCUT2D eigenvalue weighted by Gasteiger charge is 2.24. The van der Waals surface area contributed by atoms with Crippen LogP contribution in [0.5, 0.6) is 0 Å². The number of nitrogens with zero attached hydrogens (tertiary/aromatic N) is 8. The summed E-state index contributed by atoms with van der Waals surface area (Å²) in [4.78, 5) is 47.2. The number of allylic oxidation sites excluding steroid dienone is 1. The first kappa shape index (κ1) is 29.3. The van der Waals surface area contributed by atoms with Crippen LogP contribution in [0.15, 0.2) is 49.1 Å². The monoisotopic (exact) mass is 625 g/mol. The first-order valence-electron chi connectivity index (χ1n) is 15.2. The molecule has 2 aliphatic heterocycles. The van der Waals surface area contributed by atoms with Crippen molar-refractivity contribution in [2.75, 3.05) is 57.4 Å².